The Bertz CT molecular complexity index is 71.0. The molecule has 0 heterocycles. The molecule has 0 unspecified atom stereocenters. The van der Waals surface area contributed by atoms with Crippen LogP contribution in [-0.4, -0.2) is 5.92 Å². The van der Waals surface area contributed by atoms with Gasteiger partial charge in [0.2, 0.25) is 5.92 Å². The molecule has 0 aromatic rings. The first-order valence-electron chi connectivity index (χ1n) is 3.48. The zero-order valence-corrected chi connectivity index (χ0v) is 6.25. The second kappa shape index (κ2) is 3.14. The summed E-state index contributed by atoms with van der Waals surface area (Å²) in [7, 11) is 0. The van der Waals surface area contributed by atoms with Gasteiger partial charge in [0.25, 0.3) is 0 Å². The highest BCUT2D eigenvalue weighted by Gasteiger charge is 2.42. The predicted molar refractivity (Wildman–Crippen MR) is 34.7 cm³/mol. The molecular formula is C7H14F2. The van der Waals surface area contributed by atoms with Crippen molar-refractivity contribution in [1.82, 2.24) is 0 Å². The van der Waals surface area contributed by atoms with E-state index in [0.717, 1.165) is 0 Å². The Morgan fingerprint density at radius 2 is 1.56 bits per heavy atom. The molecule has 1 aliphatic rings. The fraction of sp³-hybridized carbons (Fsp3) is 1.00. The molecule has 0 aromatic heterocycles. The van der Waals surface area contributed by atoms with Gasteiger partial charge in [-0.05, 0) is 5.92 Å². The van der Waals surface area contributed by atoms with E-state index in [1.165, 1.54) is 0 Å². The Hall–Kier alpha value is -0.140. The van der Waals surface area contributed by atoms with Gasteiger partial charge in [-0.25, -0.2) is 8.78 Å². The third kappa shape index (κ3) is 2.78. The fourth-order valence-corrected chi connectivity index (χ4v) is 0.960. The van der Waals surface area contributed by atoms with Gasteiger partial charge in [0.1, 0.15) is 0 Å². The van der Waals surface area contributed by atoms with Gasteiger partial charge >= 0.3 is 0 Å². The Kier molecular flexibility index (Phi) is 3.09. The van der Waals surface area contributed by atoms with Gasteiger partial charge in [0, 0.05) is 12.8 Å². The summed E-state index contributed by atoms with van der Waals surface area (Å²) in [5.74, 6) is -2.05. The van der Waals surface area contributed by atoms with Crippen molar-refractivity contribution in [2.75, 3.05) is 0 Å². The van der Waals surface area contributed by atoms with E-state index in [1.807, 2.05) is 20.8 Å². The first-order chi connectivity index (χ1) is 4.10. The minimum Gasteiger partial charge on any atom is -0.207 e. The van der Waals surface area contributed by atoms with E-state index in [4.69, 9.17) is 0 Å². The lowest BCUT2D eigenvalue weighted by Crippen LogP contribution is -2.33. The van der Waals surface area contributed by atoms with E-state index in [9.17, 15) is 8.78 Å². The van der Waals surface area contributed by atoms with Crippen LogP contribution in [0.25, 0.3) is 0 Å². The van der Waals surface area contributed by atoms with E-state index in [2.05, 4.69) is 0 Å². The molecule has 56 valence electrons. The molecular weight excluding hydrogens is 122 g/mol. The third-order valence-electron chi connectivity index (χ3n) is 1.29. The normalized spacial score (nSPS) is 23.7. The standard InChI is InChI=1S/C5H8F2.C2H6/c1-4-2-5(6,7)3-4;1-2/h4H,2-3H2,1H3;1-2H3. The second-order valence-electron chi connectivity index (χ2n) is 2.37. The van der Waals surface area contributed by atoms with Crippen molar-refractivity contribution in [2.24, 2.45) is 5.92 Å². The number of hydrogen-bond donors (Lipinski definition) is 0. The highest BCUT2D eigenvalue weighted by atomic mass is 19.3. The van der Waals surface area contributed by atoms with E-state index in [1.54, 1.807) is 0 Å². The highest BCUT2D eigenvalue weighted by molar-refractivity contribution is 4.82. The van der Waals surface area contributed by atoms with E-state index in [-0.39, 0.29) is 18.8 Å². The Labute approximate surface area is 55.3 Å². The third-order valence-corrected chi connectivity index (χ3v) is 1.29. The van der Waals surface area contributed by atoms with Gasteiger partial charge < -0.3 is 0 Å². The maximum Gasteiger partial charge on any atom is 0.248 e. The number of halogens is 2. The zero-order chi connectivity index (χ0) is 7.49. The summed E-state index contributed by atoms with van der Waals surface area (Å²) in [6.07, 6.45) is 0.208. The summed E-state index contributed by atoms with van der Waals surface area (Å²) in [4.78, 5) is 0. The summed E-state index contributed by atoms with van der Waals surface area (Å²) in [6, 6.07) is 0. The average Bonchev–Trinajstić information content (AvgIpc) is 1.67. The van der Waals surface area contributed by atoms with Crippen LogP contribution in [0.3, 0.4) is 0 Å². The molecule has 1 aliphatic carbocycles. The summed E-state index contributed by atoms with van der Waals surface area (Å²) < 4.78 is 23.6. The molecule has 0 amide bonds. The lowest BCUT2D eigenvalue weighted by atomic mass is 9.83. The lowest BCUT2D eigenvalue weighted by Gasteiger charge is -2.31. The molecule has 0 spiro atoms. The maximum atomic E-state index is 11.8. The van der Waals surface area contributed by atoms with Gasteiger partial charge in [-0.1, -0.05) is 20.8 Å². The van der Waals surface area contributed by atoms with Gasteiger partial charge in [-0.15, -0.1) is 0 Å². The minimum atomic E-state index is -2.31. The summed E-state index contributed by atoms with van der Waals surface area (Å²) in [6.45, 7) is 5.84. The zero-order valence-electron chi connectivity index (χ0n) is 6.25. The van der Waals surface area contributed by atoms with Crippen LogP contribution in [0.15, 0.2) is 0 Å². The molecule has 9 heavy (non-hydrogen) atoms. The van der Waals surface area contributed by atoms with Crippen molar-refractivity contribution < 1.29 is 8.78 Å². The SMILES string of the molecule is CC.CC1CC(F)(F)C1. The van der Waals surface area contributed by atoms with Crippen LogP contribution in [-0.2, 0) is 0 Å². The van der Waals surface area contributed by atoms with Gasteiger partial charge in [0.05, 0.1) is 0 Å². The van der Waals surface area contributed by atoms with E-state index in [0.29, 0.717) is 0 Å². The van der Waals surface area contributed by atoms with Crippen LogP contribution >= 0.6 is 0 Å². The van der Waals surface area contributed by atoms with Gasteiger partial charge in [0.15, 0.2) is 0 Å². The van der Waals surface area contributed by atoms with Crippen molar-refractivity contribution in [1.29, 1.82) is 0 Å². The Morgan fingerprint density at radius 3 is 1.56 bits per heavy atom. The monoisotopic (exact) mass is 136 g/mol. The number of hydrogen-bond acceptors (Lipinski definition) is 0. The van der Waals surface area contributed by atoms with Crippen molar-refractivity contribution in [2.45, 2.75) is 39.5 Å². The largest absolute Gasteiger partial charge is 0.248 e. The van der Waals surface area contributed by atoms with Crippen LogP contribution in [0.1, 0.15) is 33.6 Å². The van der Waals surface area contributed by atoms with Crippen LogP contribution < -0.4 is 0 Å². The molecule has 0 N–H and O–H groups in total. The van der Waals surface area contributed by atoms with Crippen LogP contribution in [0.5, 0.6) is 0 Å². The maximum absolute atomic E-state index is 11.8. The Morgan fingerprint density at radius 1 is 1.22 bits per heavy atom. The minimum absolute atomic E-state index is 0.104. The van der Waals surface area contributed by atoms with Gasteiger partial charge in [-0.2, -0.15) is 0 Å². The van der Waals surface area contributed by atoms with Crippen molar-refractivity contribution in [3.8, 4) is 0 Å². The van der Waals surface area contributed by atoms with Crippen LogP contribution in [0.2, 0.25) is 0 Å². The van der Waals surface area contributed by atoms with Crippen LogP contribution in [0, 0.1) is 5.92 Å². The fourth-order valence-electron chi connectivity index (χ4n) is 0.960. The molecule has 0 nitrogen and oxygen atoms in total. The highest BCUT2D eigenvalue weighted by Crippen LogP contribution is 2.41. The first kappa shape index (κ1) is 8.86. The van der Waals surface area contributed by atoms with E-state index >= 15 is 0 Å². The van der Waals surface area contributed by atoms with Crippen LogP contribution in [0.4, 0.5) is 8.78 Å². The predicted octanol–water partition coefficient (Wildman–Crippen LogP) is 3.08. The molecule has 1 rings (SSSR count). The quantitative estimate of drug-likeness (QED) is 0.480. The smallest absolute Gasteiger partial charge is 0.207 e. The molecule has 1 saturated carbocycles. The van der Waals surface area contributed by atoms with Crippen molar-refractivity contribution >= 4 is 0 Å². The van der Waals surface area contributed by atoms with E-state index < -0.39 is 5.92 Å². The molecule has 0 radical (unpaired) electrons. The molecule has 0 bridgehead atoms. The van der Waals surface area contributed by atoms with Crippen molar-refractivity contribution in [3.05, 3.63) is 0 Å². The molecule has 0 atom stereocenters. The average molecular weight is 136 g/mol. The number of rotatable bonds is 0. The second-order valence-corrected chi connectivity index (χ2v) is 2.37. The molecule has 0 saturated heterocycles. The van der Waals surface area contributed by atoms with Gasteiger partial charge in [-0.3, -0.25) is 0 Å². The molecule has 2 heteroatoms. The summed E-state index contributed by atoms with van der Waals surface area (Å²) >= 11 is 0. The Balaban J connectivity index is 0.000000291. The number of alkyl halides is 2. The molecule has 1 fully saturated rings. The first-order valence-corrected chi connectivity index (χ1v) is 3.48. The topological polar surface area (TPSA) is 0 Å². The summed E-state index contributed by atoms with van der Waals surface area (Å²) in [5.41, 5.74) is 0. The lowest BCUT2D eigenvalue weighted by molar-refractivity contribution is -0.104. The summed E-state index contributed by atoms with van der Waals surface area (Å²) in [5, 5.41) is 0. The van der Waals surface area contributed by atoms with Crippen molar-refractivity contribution in [3.63, 3.8) is 0 Å². The molecule has 0 aromatic carbocycles. The molecule has 0 aliphatic heterocycles.